The molecule has 3 aromatic carbocycles. The first-order valence-electron chi connectivity index (χ1n) is 11.9. The van der Waals surface area contributed by atoms with E-state index in [9.17, 15) is 4.79 Å². The van der Waals surface area contributed by atoms with Crippen molar-refractivity contribution in [2.45, 2.75) is 38.5 Å². The predicted molar refractivity (Wildman–Crippen MR) is 135 cm³/mol. The van der Waals surface area contributed by atoms with Crippen molar-refractivity contribution in [3.05, 3.63) is 91.0 Å². The average molecular weight is 595 g/mol. The van der Waals surface area contributed by atoms with E-state index in [1.807, 2.05) is 0 Å². The maximum atomic E-state index is 11.7. The second-order valence-electron chi connectivity index (χ2n) is 9.96. The minimum absolute atomic E-state index is 0.166. The van der Waals surface area contributed by atoms with Crippen molar-refractivity contribution in [3.63, 3.8) is 0 Å². The molecular formula is C29H30GeOTe. The van der Waals surface area contributed by atoms with E-state index in [4.69, 9.17) is 0 Å². The van der Waals surface area contributed by atoms with Gasteiger partial charge in [0.25, 0.3) is 0 Å². The molecule has 4 bridgehead atoms. The molecule has 32 heavy (non-hydrogen) atoms. The van der Waals surface area contributed by atoms with Crippen molar-refractivity contribution >= 4 is 53.7 Å². The zero-order chi connectivity index (χ0) is 22.0. The SMILES string of the molecule is O=C([Te])C12CC3CC(CC(C3)C1)C2.c1cc[c]([Ge]([c]2ccccc2)[c]2ccccc2)cc1. The van der Waals surface area contributed by atoms with Gasteiger partial charge in [-0.25, -0.2) is 0 Å². The fraction of sp³-hybridized carbons (Fsp3) is 0.345. The molecule has 3 heteroatoms. The van der Waals surface area contributed by atoms with E-state index in [2.05, 4.69) is 91.0 Å². The number of hydrogen-bond acceptors (Lipinski definition) is 1. The second-order valence-corrected chi connectivity index (χ2v) is 16.2. The van der Waals surface area contributed by atoms with Crippen molar-refractivity contribution in [3.8, 4) is 0 Å². The molecule has 4 saturated carbocycles. The van der Waals surface area contributed by atoms with Crippen LogP contribution in [0.5, 0.6) is 0 Å². The molecule has 7 rings (SSSR count). The van der Waals surface area contributed by atoms with Crippen molar-refractivity contribution < 1.29 is 4.79 Å². The van der Waals surface area contributed by atoms with Gasteiger partial charge in [-0.3, -0.25) is 0 Å². The fourth-order valence-electron chi connectivity index (χ4n) is 6.68. The number of rotatable bonds is 4. The first-order chi connectivity index (χ1) is 15.6. The molecule has 1 nitrogen and oxygen atoms in total. The molecule has 0 N–H and O–H groups in total. The molecule has 0 unspecified atom stereocenters. The molecule has 4 aliphatic carbocycles. The number of benzene rings is 3. The number of hydrogen-bond donors (Lipinski definition) is 0. The summed E-state index contributed by atoms with van der Waals surface area (Å²) in [5.41, 5.74) is 0.166. The number of carbonyl (C=O) groups is 1. The van der Waals surface area contributed by atoms with Crippen LogP contribution in [0.1, 0.15) is 38.5 Å². The molecule has 0 heterocycles. The monoisotopic (exact) mass is 598 g/mol. The van der Waals surface area contributed by atoms with E-state index in [-0.39, 0.29) is 5.41 Å². The van der Waals surface area contributed by atoms with E-state index in [0.29, 0.717) is 3.83 Å². The standard InChI is InChI=1S/C18H15Ge.C11H15OTe/c1-4-10-16(11-5-1)19(17-12-6-2-7-13-17)18-14-8-3-9-15-18;12-10(13)11-4-7-1-8(5-11)3-9(2-7)6-11/h1-15H;7-9H,1-6H2. The van der Waals surface area contributed by atoms with Crippen molar-refractivity contribution in [1.29, 1.82) is 0 Å². The van der Waals surface area contributed by atoms with Crippen LogP contribution in [0, 0.1) is 23.2 Å². The summed E-state index contributed by atoms with van der Waals surface area (Å²) in [4.78, 5) is 11.7. The minimum atomic E-state index is -1.63. The van der Waals surface area contributed by atoms with Gasteiger partial charge in [0, 0.05) is 0 Å². The van der Waals surface area contributed by atoms with Crippen LogP contribution in [-0.2, 0) is 4.79 Å². The van der Waals surface area contributed by atoms with Crippen LogP contribution in [0.2, 0.25) is 0 Å². The van der Waals surface area contributed by atoms with E-state index >= 15 is 0 Å². The molecule has 3 aromatic rings. The molecule has 0 aliphatic heterocycles. The van der Waals surface area contributed by atoms with Crippen LogP contribution >= 0.6 is 0 Å². The fourth-order valence-corrected chi connectivity index (χ4v) is 12.8. The Hall–Kier alpha value is -1.34. The molecule has 0 aromatic heterocycles. The summed E-state index contributed by atoms with van der Waals surface area (Å²) in [6.45, 7) is 0. The van der Waals surface area contributed by atoms with Gasteiger partial charge in [0.15, 0.2) is 0 Å². The zero-order valence-corrected chi connectivity index (χ0v) is 22.9. The molecule has 162 valence electrons. The third-order valence-electron chi connectivity index (χ3n) is 7.66. The van der Waals surface area contributed by atoms with Gasteiger partial charge in [-0.2, -0.15) is 0 Å². The molecule has 0 saturated heterocycles. The second kappa shape index (κ2) is 9.88. The Morgan fingerprint density at radius 2 is 0.938 bits per heavy atom. The Morgan fingerprint density at radius 1 is 0.625 bits per heavy atom. The van der Waals surface area contributed by atoms with Crippen molar-refractivity contribution in [1.82, 2.24) is 0 Å². The van der Waals surface area contributed by atoms with Gasteiger partial charge in [0.05, 0.1) is 0 Å². The third kappa shape index (κ3) is 4.79. The van der Waals surface area contributed by atoms with Crippen molar-refractivity contribution in [2.75, 3.05) is 0 Å². The topological polar surface area (TPSA) is 17.1 Å². The molecule has 0 atom stereocenters. The van der Waals surface area contributed by atoms with Crippen LogP contribution in [0.4, 0.5) is 0 Å². The van der Waals surface area contributed by atoms with Crippen LogP contribution < -0.4 is 13.2 Å². The summed E-state index contributed by atoms with van der Waals surface area (Å²) < 4.78 is 5.00. The normalized spacial score (nSPS) is 27.6. The van der Waals surface area contributed by atoms with Gasteiger partial charge in [0.1, 0.15) is 0 Å². The first kappa shape index (κ1) is 22.5. The van der Waals surface area contributed by atoms with Gasteiger partial charge in [-0.1, -0.05) is 0 Å². The zero-order valence-electron chi connectivity index (χ0n) is 18.5. The Balaban J connectivity index is 0.000000144. The van der Waals surface area contributed by atoms with E-state index in [0.717, 1.165) is 17.8 Å². The Morgan fingerprint density at radius 3 is 1.22 bits per heavy atom. The summed E-state index contributed by atoms with van der Waals surface area (Å²) in [5, 5.41) is 0. The Bertz CT molecular complexity index is 905. The van der Waals surface area contributed by atoms with E-state index in [1.165, 1.54) is 51.7 Å². The van der Waals surface area contributed by atoms with Gasteiger partial charge in [-0.15, -0.1) is 0 Å². The van der Waals surface area contributed by atoms with Gasteiger partial charge >= 0.3 is 211 Å². The summed E-state index contributed by atoms with van der Waals surface area (Å²) >= 11 is 0.120. The predicted octanol–water partition coefficient (Wildman–Crippen LogP) is 4.10. The molecule has 0 spiro atoms. The van der Waals surface area contributed by atoms with Crippen molar-refractivity contribution in [2.24, 2.45) is 23.2 Å². The Labute approximate surface area is 210 Å². The van der Waals surface area contributed by atoms with Gasteiger partial charge in [-0.05, 0) is 0 Å². The van der Waals surface area contributed by atoms with Crippen LogP contribution in [0.15, 0.2) is 91.0 Å². The van der Waals surface area contributed by atoms with Gasteiger partial charge in [0.2, 0.25) is 0 Å². The first-order valence-corrected chi connectivity index (χ1v) is 16.2. The number of carbonyl (C=O) groups excluding carboxylic acids is 1. The summed E-state index contributed by atoms with van der Waals surface area (Å²) in [5.74, 6) is 2.74. The summed E-state index contributed by atoms with van der Waals surface area (Å²) in [7, 11) is 0. The third-order valence-corrected chi connectivity index (χ3v) is 14.6. The summed E-state index contributed by atoms with van der Waals surface area (Å²) in [6.07, 6.45) is 8.01. The van der Waals surface area contributed by atoms with Gasteiger partial charge < -0.3 is 0 Å². The van der Waals surface area contributed by atoms with Crippen LogP contribution in [0.25, 0.3) is 0 Å². The quantitative estimate of drug-likeness (QED) is 0.416. The average Bonchev–Trinajstić information content (AvgIpc) is 2.81. The van der Waals surface area contributed by atoms with Crippen LogP contribution in [-0.4, -0.2) is 40.5 Å². The van der Waals surface area contributed by atoms with E-state index in [1.54, 1.807) is 22.3 Å². The molecule has 4 fully saturated rings. The molecular weight excluding hydrogens is 565 g/mol. The summed E-state index contributed by atoms with van der Waals surface area (Å²) in [6, 6.07) is 32.8. The van der Waals surface area contributed by atoms with E-state index < -0.39 is 14.3 Å². The van der Waals surface area contributed by atoms with Crippen LogP contribution in [0.3, 0.4) is 0 Å². The maximum absolute atomic E-state index is 11.7. The Kier molecular flexibility index (Phi) is 6.93. The molecule has 4 aliphatic rings. The molecule has 0 amide bonds. The molecule has 2 radical (unpaired) electrons.